The van der Waals surface area contributed by atoms with E-state index >= 15 is 0 Å². The Kier molecular flexibility index (Phi) is 5.33. The van der Waals surface area contributed by atoms with Crippen LogP contribution in [0.3, 0.4) is 0 Å². The topological polar surface area (TPSA) is 81.1 Å². The van der Waals surface area contributed by atoms with Crippen molar-refractivity contribution in [2.24, 2.45) is 0 Å². The van der Waals surface area contributed by atoms with Crippen LogP contribution in [0.1, 0.15) is 42.4 Å². The normalized spacial score (nSPS) is 20.1. The molecule has 0 bridgehead atoms. The molecular weight excluding hydrogens is 396 g/mol. The number of phenols is 1. The summed E-state index contributed by atoms with van der Waals surface area (Å²) >= 11 is 6.51. The third kappa shape index (κ3) is 3.51. The SMILES string of the molecule is O=C(O)CCCN1C(=O)/C(=C/c2cc3c4c(c2O)CCCN4CCC3)SC1=S. The van der Waals surface area contributed by atoms with Crippen molar-refractivity contribution in [3.63, 3.8) is 0 Å². The molecule has 3 aliphatic rings. The minimum Gasteiger partial charge on any atom is -0.507 e. The van der Waals surface area contributed by atoms with Gasteiger partial charge in [0, 0.05) is 42.9 Å². The summed E-state index contributed by atoms with van der Waals surface area (Å²) in [6.45, 7) is 2.37. The minimum atomic E-state index is -0.886. The number of phenolic OH excluding ortho intramolecular Hbond substituents is 1. The van der Waals surface area contributed by atoms with Crippen LogP contribution in [0.4, 0.5) is 5.69 Å². The van der Waals surface area contributed by atoms with Gasteiger partial charge in [-0.2, -0.15) is 0 Å². The largest absolute Gasteiger partial charge is 0.507 e. The molecule has 0 atom stereocenters. The molecule has 148 valence electrons. The van der Waals surface area contributed by atoms with Crippen LogP contribution >= 0.6 is 24.0 Å². The van der Waals surface area contributed by atoms with E-state index in [0.717, 1.165) is 44.3 Å². The quantitative estimate of drug-likeness (QED) is 0.561. The number of amides is 1. The molecule has 28 heavy (non-hydrogen) atoms. The number of aryl methyl sites for hydroxylation is 1. The molecular formula is C20H22N2O4S2. The molecule has 1 saturated heterocycles. The van der Waals surface area contributed by atoms with Gasteiger partial charge in [0.25, 0.3) is 5.91 Å². The van der Waals surface area contributed by atoms with Gasteiger partial charge in [-0.25, -0.2) is 0 Å². The van der Waals surface area contributed by atoms with Crippen molar-refractivity contribution in [3.05, 3.63) is 27.7 Å². The maximum absolute atomic E-state index is 12.7. The van der Waals surface area contributed by atoms with Crippen LogP contribution in [0.2, 0.25) is 0 Å². The minimum absolute atomic E-state index is 0.00157. The number of rotatable bonds is 5. The fourth-order valence-corrected chi connectivity index (χ4v) is 5.50. The molecule has 3 aliphatic heterocycles. The third-order valence-electron chi connectivity index (χ3n) is 5.46. The average molecular weight is 419 g/mol. The van der Waals surface area contributed by atoms with E-state index < -0.39 is 5.97 Å². The Bertz CT molecular complexity index is 895. The van der Waals surface area contributed by atoms with Crippen molar-refractivity contribution in [2.75, 3.05) is 24.5 Å². The first-order chi connectivity index (χ1) is 13.5. The van der Waals surface area contributed by atoms with E-state index in [-0.39, 0.29) is 18.1 Å². The lowest BCUT2D eigenvalue weighted by Crippen LogP contribution is -2.34. The molecule has 1 aromatic rings. The second-order valence-corrected chi connectivity index (χ2v) is 9.00. The second kappa shape index (κ2) is 7.75. The molecule has 0 aromatic heterocycles. The van der Waals surface area contributed by atoms with E-state index in [9.17, 15) is 14.7 Å². The first kappa shape index (κ1) is 19.3. The summed E-state index contributed by atoms with van der Waals surface area (Å²) < 4.78 is 0.437. The number of carboxylic acid groups (broad SMARTS) is 1. The first-order valence-corrected chi connectivity index (χ1v) is 10.8. The average Bonchev–Trinajstić information content (AvgIpc) is 2.93. The number of hydrogen-bond donors (Lipinski definition) is 2. The number of hydrogen-bond acceptors (Lipinski definition) is 6. The van der Waals surface area contributed by atoms with Gasteiger partial charge in [-0.15, -0.1) is 0 Å². The van der Waals surface area contributed by atoms with Crippen molar-refractivity contribution < 1.29 is 19.8 Å². The lowest BCUT2D eigenvalue weighted by molar-refractivity contribution is -0.137. The number of aromatic hydroxyl groups is 1. The fraction of sp³-hybridized carbons (Fsp3) is 0.450. The summed E-state index contributed by atoms with van der Waals surface area (Å²) in [5, 5.41) is 19.7. The number of thiocarbonyl (C=S) groups is 1. The van der Waals surface area contributed by atoms with E-state index in [2.05, 4.69) is 4.90 Å². The van der Waals surface area contributed by atoms with Crippen molar-refractivity contribution in [1.82, 2.24) is 4.90 Å². The Morgan fingerprint density at radius 1 is 1.29 bits per heavy atom. The van der Waals surface area contributed by atoms with Crippen molar-refractivity contribution in [1.29, 1.82) is 0 Å². The van der Waals surface area contributed by atoms with E-state index in [0.29, 0.717) is 27.8 Å². The summed E-state index contributed by atoms with van der Waals surface area (Å²) in [6.07, 6.45) is 6.05. The van der Waals surface area contributed by atoms with E-state index in [1.54, 1.807) is 6.08 Å². The molecule has 1 fully saturated rings. The third-order valence-corrected chi connectivity index (χ3v) is 6.83. The highest BCUT2D eigenvalue weighted by Gasteiger charge is 2.33. The monoisotopic (exact) mass is 418 g/mol. The van der Waals surface area contributed by atoms with E-state index in [1.165, 1.54) is 27.9 Å². The summed E-state index contributed by atoms with van der Waals surface area (Å²) in [5.41, 5.74) is 4.09. The Balaban J connectivity index is 1.62. The zero-order valence-corrected chi connectivity index (χ0v) is 17.1. The van der Waals surface area contributed by atoms with Gasteiger partial charge in [0.15, 0.2) is 0 Å². The maximum Gasteiger partial charge on any atom is 0.303 e. The van der Waals surface area contributed by atoms with Crippen LogP contribution in [0, 0.1) is 0 Å². The summed E-state index contributed by atoms with van der Waals surface area (Å²) in [5.74, 6) is -0.836. The van der Waals surface area contributed by atoms with Gasteiger partial charge in [-0.1, -0.05) is 24.0 Å². The molecule has 4 rings (SSSR count). The number of nitrogens with zero attached hydrogens (tertiary/aromatic N) is 2. The van der Waals surface area contributed by atoms with Gasteiger partial charge in [0.05, 0.1) is 4.91 Å². The number of aliphatic carboxylic acids is 1. The van der Waals surface area contributed by atoms with Gasteiger partial charge in [-0.3, -0.25) is 14.5 Å². The molecule has 0 spiro atoms. The number of carboxylic acids is 1. The van der Waals surface area contributed by atoms with Gasteiger partial charge < -0.3 is 15.1 Å². The number of anilines is 1. The Morgan fingerprint density at radius 3 is 2.79 bits per heavy atom. The zero-order valence-electron chi connectivity index (χ0n) is 15.4. The standard InChI is InChI=1S/C20H22N2O4S2/c23-16(24)6-3-9-22-19(26)15(28-20(22)27)11-13-10-12-4-1-7-21-8-2-5-14(17(12)21)18(13)25/h10-11,25H,1-9H2,(H,23,24)/b15-11-. The summed E-state index contributed by atoms with van der Waals surface area (Å²) in [4.78, 5) is 27.7. The molecule has 0 unspecified atom stereocenters. The molecule has 6 nitrogen and oxygen atoms in total. The molecule has 1 aromatic carbocycles. The summed E-state index contributed by atoms with van der Waals surface area (Å²) in [7, 11) is 0. The Hall–Kier alpha value is -2.06. The molecule has 8 heteroatoms. The lowest BCUT2D eigenvalue weighted by atomic mass is 9.89. The molecule has 0 saturated carbocycles. The number of carbonyl (C=O) groups excluding carboxylic acids is 1. The lowest BCUT2D eigenvalue weighted by Gasteiger charge is -2.37. The highest BCUT2D eigenvalue weighted by Crippen LogP contribution is 2.43. The van der Waals surface area contributed by atoms with E-state index in [4.69, 9.17) is 17.3 Å². The van der Waals surface area contributed by atoms with Crippen LogP contribution in [-0.4, -0.2) is 50.9 Å². The van der Waals surface area contributed by atoms with Crippen LogP contribution in [-0.2, 0) is 22.4 Å². The predicted molar refractivity (Wildman–Crippen MR) is 114 cm³/mol. The zero-order chi connectivity index (χ0) is 19.8. The predicted octanol–water partition coefficient (Wildman–Crippen LogP) is 3.16. The first-order valence-electron chi connectivity index (χ1n) is 9.55. The smallest absolute Gasteiger partial charge is 0.303 e. The van der Waals surface area contributed by atoms with Crippen LogP contribution < -0.4 is 4.90 Å². The fourth-order valence-electron chi connectivity index (χ4n) is 4.20. The van der Waals surface area contributed by atoms with E-state index in [1.807, 2.05) is 6.07 Å². The van der Waals surface area contributed by atoms with Crippen LogP contribution in [0.5, 0.6) is 5.75 Å². The summed E-state index contributed by atoms with van der Waals surface area (Å²) in [6, 6.07) is 2.00. The molecule has 0 radical (unpaired) electrons. The van der Waals surface area contributed by atoms with Gasteiger partial charge in [0.2, 0.25) is 0 Å². The van der Waals surface area contributed by atoms with Crippen molar-refractivity contribution >= 4 is 51.9 Å². The maximum atomic E-state index is 12.7. The highest BCUT2D eigenvalue weighted by molar-refractivity contribution is 8.26. The number of benzene rings is 1. The Morgan fingerprint density at radius 2 is 2.04 bits per heavy atom. The van der Waals surface area contributed by atoms with Gasteiger partial charge in [-0.05, 0) is 49.8 Å². The molecule has 1 amide bonds. The van der Waals surface area contributed by atoms with Crippen LogP contribution in [0.15, 0.2) is 11.0 Å². The molecule has 3 heterocycles. The van der Waals surface area contributed by atoms with Gasteiger partial charge in [0.1, 0.15) is 10.1 Å². The van der Waals surface area contributed by atoms with Gasteiger partial charge >= 0.3 is 5.97 Å². The van der Waals surface area contributed by atoms with Crippen molar-refractivity contribution in [3.8, 4) is 5.75 Å². The highest BCUT2D eigenvalue weighted by atomic mass is 32.2. The molecule has 2 N–H and O–H groups in total. The van der Waals surface area contributed by atoms with Crippen molar-refractivity contribution in [2.45, 2.75) is 38.5 Å². The number of carbonyl (C=O) groups is 2. The number of thioether (sulfide) groups is 1. The van der Waals surface area contributed by atoms with Crippen LogP contribution in [0.25, 0.3) is 6.08 Å². The second-order valence-electron chi connectivity index (χ2n) is 7.33. The Labute approximate surface area is 173 Å². The molecule has 0 aliphatic carbocycles.